The number of amides is 1. The number of carbonyl (C=O) groups excluding carboxylic acids is 1. The van der Waals surface area contributed by atoms with Crippen LogP contribution in [0.25, 0.3) is 10.2 Å². The van der Waals surface area contributed by atoms with Gasteiger partial charge in [-0.15, -0.1) is 11.3 Å². The molecule has 4 rings (SSSR count). The predicted octanol–water partition coefficient (Wildman–Crippen LogP) is 2.86. The van der Waals surface area contributed by atoms with Crippen molar-refractivity contribution in [2.75, 3.05) is 19.6 Å². The van der Waals surface area contributed by atoms with Crippen molar-refractivity contribution in [3.05, 3.63) is 26.6 Å². The molecule has 1 unspecified atom stereocenters. The highest BCUT2D eigenvalue weighted by atomic mass is 32.1. The highest BCUT2D eigenvalue weighted by Crippen LogP contribution is 2.29. The molecule has 1 saturated heterocycles. The van der Waals surface area contributed by atoms with E-state index < -0.39 is 12.7 Å². The summed E-state index contributed by atoms with van der Waals surface area (Å²) in [7, 11) is 0. The molecular weight excluding hydrogens is 405 g/mol. The van der Waals surface area contributed by atoms with E-state index in [2.05, 4.69) is 10.3 Å². The summed E-state index contributed by atoms with van der Waals surface area (Å²) in [5.74, 6) is 0.427. The molecule has 1 fully saturated rings. The second-order valence-corrected chi connectivity index (χ2v) is 8.84. The fourth-order valence-electron chi connectivity index (χ4n) is 4.23. The second-order valence-electron chi connectivity index (χ2n) is 7.84. The molecular formula is C19H23F3N4O2S. The summed E-state index contributed by atoms with van der Waals surface area (Å²) in [4.78, 5) is 32.7. The van der Waals surface area contributed by atoms with E-state index in [4.69, 9.17) is 0 Å². The van der Waals surface area contributed by atoms with Crippen LogP contribution in [0.5, 0.6) is 0 Å². The van der Waals surface area contributed by atoms with Crippen molar-refractivity contribution in [3.8, 4) is 0 Å². The quantitative estimate of drug-likeness (QED) is 0.817. The number of nitrogens with one attached hydrogen (secondary N) is 1. The molecule has 0 spiro atoms. The highest BCUT2D eigenvalue weighted by Gasteiger charge is 2.35. The molecule has 29 heavy (non-hydrogen) atoms. The van der Waals surface area contributed by atoms with E-state index in [9.17, 15) is 22.8 Å². The van der Waals surface area contributed by atoms with Crippen molar-refractivity contribution in [2.24, 2.45) is 0 Å². The molecule has 1 amide bonds. The molecule has 0 aromatic carbocycles. The number of alkyl halides is 3. The summed E-state index contributed by atoms with van der Waals surface area (Å²) < 4.78 is 39.4. The SMILES string of the molecule is Cc1c(C(=O)NC2CCN(CC(F)(F)F)C2)sc2nc3n(c(=O)c12)CCCCC3. The molecule has 4 heterocycles. The summed E-state index contributed by atoms with van der Waals surface area (Å²) in [5, 5.41) is 3.32. The third kappa shape index (κ3) is 4.18. The number of aromatic nitrogens is 2. The Bertz CT molecular complexity index is 998. The molecule has 1 N–H and O–H groups in total. The number of rotatable bonds is 3. The average molecular weight is 428 g/mol. The van der Waals surface area contributed by atoms with E-state index in [0.717, 1.165) is 31.5 Å². The van der Waals surface area contributed by atoms with Gasteiger partial charge in [-0.3, -0.25) is 19.1 Å². The smallest absolute Gasteiger partial charge is 0.347 e. The monoisotopic (exact) mass is 428 g/mol. The number of carbonyl (C=O) groups is 1. The van der Waals surface area contributed by atoms with Crippen molar-refractivity contribution in [1.82, 2.24) is 19.8 Å². The number of likely N-dealkylation sites (tertiary alicyclic amines) is 1. The molecule has 158 valence electrons. The average Bonchev–Trinajstić information content (AvgIpc) is 3.09. The first-order valence-electron chi connectivity index (χ1n) is 9.86. The molecule has 2 aromatic rings. The van der Waals surface area contributed by atoms with Gasteiger partial charge >= 0.3 is 6.18 Å². The number of hydrogen-bond donors (Lipinski definition) is 1. The number of halogens is 3. The van der Waals surface area contributed by atoms with E-state index in [1.807, 2.05) is 0 Å². The lowest BCUT2D eigenvalue weighted by Gasteiger charge is -2.18. The topological polar surface area (TPSA) is 67.2 Å². The standard InChI is InChI=1S/C19H23F3N4O2S/c1-11-14-17(24-13-5-3-2-4-7-26(13)18(14)28)29-15(11)16(27)23-12-6-8-25(9-12)10-19(20,21)22/h12H,2-10H2,1H3,(H,23,27). The van der Waals surface area contributed by atoms with Gasteiger partial charge in [-0.2, -0.15) is 13.2 Å². The zero-order chi connectivity index (χ0) is 20.8. The molecule has 0 bridgehead atoms. The molecule has 10 heteroatoms. The van der Waals surface area contributed by atoms with Crippen LogP contribution in [0, 0.1) is 6.92 Å². The number of thiophene rings is 1. The summed E-state index contributed by atoms with van der Waals surface area (Å²) >= 11 is 1.19. The summed E-state index contributed by atoms with van der Waals surface area (Å²) in [6.45, 7) is 1.89. The fourth-order valence-corrected chi connectivity index (χ4v) is 5.32. The van der Waals surface area contributed by atoms with E-state index in [1.54, 1.807) is 11.5 Å². The Labute approximate surface area is 169 Å². The maximum Gasteiger partial charge on any atom is 0.401 e. The van der Waals surface area contributed by atoms with Crippen LogP contribution in [0.4, 0.5) is 13.2 Å². The van der Waals surface area contributed by atoms with Gasteiger partial charge < -0.3 is 5.32 Å². The van der Waals surface area contributed by atoms with Gasteiger partial charge in [-0.1, -0.05) is 6.42 Å². The Morgan fingerprint density at radius 3 is 2.83 bits per heavy atom. The van der Waals surface area contributed by atoms with Crippen LogP contribution in [-0.2, 0) is 13.0 Å². The first-order valence-corrected chi connectivity index (χ1v) is 10.7. The minimum absolute atomic E-state index is 0.100. The maximum atomic E-state index is 13.0. The number of fused-ring (bicyclic) bond motifs is 2. The van der Waals surface area contributed by atoms with Crippen LogP contribution in [0.15, 0.2) is 4.79 Å². The van der Waals surface area contributed by atoms with E-state index in [0.29, 0.717) is 40.2 Å². The number of hydrogen-bond acceptors (Lipinski definition) is 5. The Hall–Kier alpha value is -1.94. The van der Waals surface area contributed by atoms with Crippen molar-refractivity contribution in [3.63, 3.8) is 0 Å². The summed E-state index contributed by atoms with van der Waals surface area (Å²) in [6, 6.07) is -0.333. The predicted molar refractivity (Wildman–Crippen MR) is 105 cm³/mol. The lowest BCUT2D eigenvalue weighted by molar-refractivity contribution is -0.143. The zero-order valence-electron chi connectivity index (χ0n) is 16.1. The molecule has 2 aromatic heterocycles. The molecule has 0 radical (unpaired) electrons. The van der Waals surface area contributed by atoms with Crippen molar-refractivity contribution in [1.29, 1.82) is 0 Å². The number of aryl methyl sites for hydroxylation is 2. The first-order chi connectivity index (χ1) is 13.7. The second kappa shape index (κ2) is 7.71. The Kier molecular flexibility index (Phi) is 5.41. The molecule has 2 aliphatic heterocycles. The third-order valence-corrected chi connectivity index (χ3v) is 6.81. The van der Waals surface area contributed by atoms with Crippen molar-refractivity contribution >= 4 is 27.5 Å². The van der Waals surface area contributed by atoms with Gasteiger partial charge in [0.05, 0.1) is 16.8 Å². The van der Waals surface area contributed by atoms with Crippen molar-refractivity contribution < 1.29 is 18.0 Å². The van der Waals surface area contributed by atoms with Gasteiger partial charge in [0, 0.05) is 32.1 Å². The molecule has 0 aliphatic carbocycles. The lowest BCUT2D eigenvalue weighted by atomic mass is 10.2. The lowest BCUT2D eigenvalue weighted by Crippen LogP contribution is -2.39. The third-order valence-electron chi connectivity index (χ3n) is 5.63. The van der Waals surface area contributed by atoms with Crippen LogP contribution in [-0.4, -0.2) is 52.2 Å². The van der Waals surface area contributed by atoms with Crippen LogP contribution in [0.3, 0.4) is 0 Å². The molecule has 2 aliphatic rings. The van der Waals surface area contributed by atoms with Crippen LogP contribution in [0.1, 0.15) is 46.7 Å². The Morgan fingerprint density at radius 1 is 1.28 bits per heavy atom. The van der Waals surface area contributed by atoms with Crippen LogP contribution < -0.4 is 10.9 Å². The van der Waals surface area contributed by atoms with Gasteiger partial charge in [0.15, 0.2) is 0 Å². The minimum atomic E-state index is -4.24. The van der Waals surface area contributed by atoms with E-state index in [-0.39, 0.29) is 24.1 Å². The first kappa shape index (κ1) is 20.3. The molecule has 6 nitrogen and oxygen atoms in total. The van der Waals surface area contributed by atoms with Crippen molar-refractivity contribution in [2.45, 2.75) is 57.8 Å². The van der Waals surface area contributed by atoms with Gasteiger partial charge in [0.2, 0.25) is 0 Å². The normalized spacial score (nSPS) is 20.6. The van der Waals surface area contributed by atoms with E-state index >= 15 is 0 Å². The van der Waals surface area contributed by atoms with Crippen LogP contribution >= 0.6 is 11.3 Å². The maximum absolute atomic E-state index is 13.0. The number of nitrogens with zero attached hydrogens (tertiary/aromatic N) is 3. The van der Waals surface area contributed by atoms with E-state index in [1.165, 1.54) is 16.2 Å². The summed E-state index contributed by atoms with van der Waals surface area (Å²) in [5.41, 5.74) is 0.501. The zero-order valence-corrected chi connectivity index (χ0v) is 17.0. The van der Waals surface area contributed by atoms with Crippen LogP contribution in [0.2, 0.25) is 0 Å². The van der Waals surface area contributed by atoms with Gasteiger partial charge in [-0.25, -0.2) is 4.98 Å². The highest BCUT2D eigenvalue weighted by molar-refractivity contribution is 7.20. The van der Waals surface area contributed by atoms with Gasteiger partial charge in [0.25, 0.3) is 11.5 Å². The Morgan fingerprint density at radius 2 is 2.07 bits per heavy atom. The molecule has 1 atom stereocenters. The largest absolute Gasteiger partial charge is 0.401 e. The van der Waals surface area contributed by atoms with Gasteiger partial charge in [-0.05, 0) is 31.7 Å². The fraction of sp³-hybridized carbons (Fsp3) is 0.632. The minimum Gasteiger partial charge on any atom is -0.347 e. The molecule has 0 saturated carbocycles. The Balaban J connectivity index is 1.55. The van der Waals surface area contributed by atoms with Gasteiger partial charge in [0.1, 0.15) is 10.7 Å². The summed E-state index contributed by atoms with van der Waals surface area (Å²) in [6.07, 6.45) is -0.0249.